The highest BCUT2D eigenvalue weighted by molar-refractivity contribution is 5.89. The van der Waals surface area contributed by atoms with Crippen LogP contribution < -0.4 is 4.90 Å². The van der Waals surface area contributed by atoms with Gasteiger partial charge in [0, 0.05) is 22.5 Å². The van der Waals surface area contributed by atoms with E-state index in [2.05, 4.69) is 209 Å². The molecule has 0 aliphatic heterocycles. The molecule has 4 aliphatic carbocycles. The second-order valence-electron chi connectivity index (χ2n) is 17.4. The maximum Gasteiger partial charge on any atom is 0.0714 e. The molecule has 0 radical (unpaired) electrons. The maximum atomic E-state index is 2.55. The third-order valence-electron chi connectivity index (χ3n) is 13.4. The van der Waals surface area contributed by atoms with E-state index in [1.165, 1.54) is 68.8 Å². The SMILES string of the molecule is CC1(C)CC2(CC(C)(C)C3C=CC=CC32)c2ccc(N(c3ccccc3)c3ccc4c(c3)C(c3ccccc3)(c3ccccc3)c3ccccc3-4)cc21. The molecule has 0 saturated heterocycles. The summed E-state index contributed by atoms with van der Waals surface area (Å²) in [4.78, 5) is 2.50. The highest BCUT2D eigenvalue weighted by Crippen LogP contribution is 2.67. The number of fused-ring (bicyclic) bond motifs is 7. The molecule has 0 heterocycles. The van der Waals surface area contributed by atoms with E-state index in [1.54, 1.807) is 5.56 Å². The van der Waals surface area contributed by atoms with Crippen LogP contribution in [0.5, 0.6) is 0 Å². The number of benzene rings is 6. The van der Waals surface area contributed by atoms with Crippen molar-refractivity contribution in [2.45, 2.75) is 56.8 Å². The average Bonchev–Trinajstić information content (AvgIpc) is 3.71. The van der Waals surface area contributed by atoms with Crippen molar-refractivity contribution in [3.63, 3.8) is 0 Å². The van der Waals surface area contributed by atoms with Crippen molar-refractivity contribution in [3.8, 4) is 11.1 Å². The fraction of sp³-hybridized carbons (Fsp3) is 0.231. The zero-order valence-electron chi connectivity index (χ0n) is 31.3. The van der Waals surface area contributed by atoms with E-state index >= 15 is 0 Å². The summed E-state index contributed by atoms with van der Waals surface area (Å²) < 4.78 is 0. The first kappa shape index (κ1) is 32.3. The lowest BCUT2D eigenvalue weighted by Crippen LogP contribution is -2.31. The van der Waals surface area contributed by atoms with Crippen LogP contribution in [0.15, 0.2) is 176 Å². The molecule has 1 fully saturated rings. The monoisotopic (exact) mass is 685 g/mol. The molecule has 1 spiro atoms. The molecule has 0 amide bonds. The summed E-state index contributed by atoms with van der Waals surface area (Å²) in [5.74, 6) is 1.10. The minimum absolute atomic E-state index is 0.0586. The van der Waals surface area contributed by atoms with Crippen LogP contribution in [0.25, 0.3) is 11.1 Å². The Kier molecular flexibility index (Phi) is 7.03. The summed E-state index contributed by atoms with van der Waals surface area (Å²) in [7, 11) is 0. The minimum atomic E-state index is -0.451. The molecular formula is C52H47N. The Hall–Kier alpha value is -5.40. The molecule has 0 N–H and O–H groups in total. The summed E-state index contributed by atoms with van der Waals surface area (Å²) in [5.41, 5.74) is 14.5. The van der Waals surface area contributed by atoms with Gasteiger partial charge in [0.1, 0.15) is 0 Å². The van der Waals surface area contributed by atoms with Crippen molar-refractivity contribution < 1.29 is 0 Å². The molecule has 1 saturated carbocycles. The Labute approximate surface area is 315 Å². The number of allylic oxidation sites excluding steroid dienone is 4. The topological polar surface area (TPSA) is 3.24 Å². The van der Waals surface area contributed by atoms with Gasteiger partial charge in [-0.15, -0.1) is 0 Å². The van der Waals surface area contributed by atoms with E-state index in [1.807, 2.05) is 0 Å². The standard InChI is InChI=1S/C52H47N/c1-49(2)34-51(45-27-17-16-26-44(45)49)35-50(3,4)48-33-40(29-31-46(48)51)53(38-22-12-7-13-23-38)39-28-30-42-41-24-14-15-25-43(41)52(47(42)32-39,36-18-8-5-9-19-36)37-20-10-6-11-21-37/h5-33,44-45H,34-35H2,1-4H3. The molecule has 4 aliphatic rings. The van der Waals surface area contributed by atoms with Gasteiger partial charge >= 0.3 is 0 Å². The third-order valence-corrected chi connectivity index (χ3v) is 13.4. The van der Waals surface area contributed by atoms with Crippen LogP contribution in [-0.2, 0) is 16.2 Å². The van der Waals surface area contributed by atoms with Crippen molar-refractivity contribution in [3.05, 3.63) is 209 Å². The Bertz CT molecular complexity index is 2380. The summed E-state index contributed by atoms with van der Waals surface area (Å²) in [6.45, 7) is 9.97. The highest BCUT2D eigenvalue weighted by atomic mass is 15.1. The molecule has 1 nitrogen and oxygen atoms in total. The van der Waals surface area contributed by atoms with E-state index in [-0.39, 0.29) is 16.2 Å². The lowest BCUT2D eigenvalue weighted by atomic mass is 9.67. The zero-order valence-corrected chi connectivity index (χ0v) is 31.3. The Morgan fingerprint density at radius 2 is 1.00 bits per heavy atom. The van der Waals surface area contributed by atoms with E-state index in [4.69, 9.17) is 0 Å². The number of rotatable bonds is 5. The van der Waals surface area contributed by atoms with Crippen LogP contribution in [0.2, 0.25) is 0 Å². The van der Waals surface area contributed by atoms with Crippen molar-refractivity contribution in [2.24, 2.45) is 17.3 Å². The molecular weight excluding hydrogens is 639 g/mol. The van der Waals surface area contributed by atoms with Crippen LogP contribution in [0.4, 0.5) is 17.1 Å². The molecule has 1 heteroatoms. The summed E-state index contributed by atoms with van der Waals surface area (Å²) in [6.07, 6.45) is 12.0. The Balaban J connectivity index is 1.18. The van der Waals surface area contributed by atoms with Crippen molar-refractivity contribution in [2.75, 3.05) is 4.90 Å². The number of hydrogen-bond acceptors (Lipinski definition) is 1. The molecule has 53 heavy (non-hydrogen) atoms. The first-order chi connectivity index (χ1) is 25.7. The van der Waals surface area contributed by atoms with Crippen LogP contribution in [-0.4, -0.2) is 0 Å². The van der Waals surface area contributed by atoms with Gasteiger partial charge in [-0.25, -0.2) is 0 Å². The van der Waals surface area contributed by atoms with Crippen molar-refractivity contribution in [1.82, 2.24) is 0 Å². The normalized spacial score (nSPS) is 23.3. The van der Waals surface area contributed by atoms with E-state index in [0.29, 0.717) is 11.8 Å². The second kappa shape index (κ2) is 11.5. The van der Waals surface area contributed by atoms with Crippen LogP contribution >= 0.6 is 0 Å². The lowest BCUT2D eigenvalue weighted by Gasteiger charge is -2.35. The maximum absolute atomic E-state index is 2.55. The first-order valence-corrected chi connectivity index (χ1v) is 19.4. The Morgan fingerprint density at radius 3 is 1.68 bits per heavy atom. The average molecular weight is 686 g/mol. The summed E-state index contributed by atoms with van der Waals surface area (Å²) >= 11 is 0. The largest absolute Gasteiger partial charge is 0.310 e. The molecule has 260 valence electrons. The fourth-order valence-electron chi connectivity index (χ4n) is 11.6. The van der Waals surface area contributed by atoms with Gasteiger partial charge < -0.3 is 4.90 Å². The highest BCUT2D eigenvalue weighted by Gasteiger charge is 2.61. The van der Waals surface area contributed by atoms with E-state index in [9.17, 15) is 0 Å². The molecule has 3 atom stereocenters. The van der Waals surface area contributed by atoms with Crippen molar-refractivity contribution in [1.29, 1.82) is 0 Å². The van der Waals surface area contributed by atoms with Gasteiger partial charge in [0.25, 0.3) is 0 Å². The Morgan fingerprint density at radius 1 is 0.453 bits per heavy atom. The molecule has 0 aromatic heterocycles. The van der Waals surface area contributed by atoms with Crippen LogP contribution in [0, 0.1) is 17.3 Å². The molecule has 10 rings (SSSR count). The van der Waals surface area contributed by atoms with Gasteiger partial charge in [0.15, 0.2) is 0 Å². The van der Waals surface area contributed by atoms with Gasteiger partial charge in [-0.2, -0.15) is 0 Å². The summed E-state index contributed by atoms with van der Waals surface area (Å²) in [6, 6.07) is 56.9. The summed E-state index contributed by atoms with van der Waals surface area (Å²) in [5, 5.41) is 0. The quantitative estimate of drug-likeness (QED) is 0.174. The van der Waals surface area contributed by atoms with Crippen molar-refractivity contribution >= 4 is 17.1 Å². The smallest absolute Gasteiger partial charge is 0.0714 e. The third kappa shape index (κ3) is 4.56. The molecule has 6 aromatic carbocycles. The molecule has 6 aromatic rings. The van der Waals surface area contributed by atoms with Gasteiger partial charge in [-0.3, -0.25) is 0 Å². The number of para-hydroxylation sites is 1. The van der Waals surface area contributed by atoms with E-state index in [0.717, 1.165) is 0 Å². The number of anilines is 3. The van der Waals surface area contributed by atoms with Crippen LogP contribution in [0.3, 0.4) is 0 Å². The zero-order chi connectivity index (χ0) is 36.0. The minimum Gasteiger partial charge on any atom is -0.310 e. The predicted molar refractivity (Wildman–Crippen MR) is 221 cm³/mol. The van der Waals surface area contributed by atoms with Crippen LogP contribution in [0.1, 0.15) is 73.9 Å². The number of hydrogen-bond donors (Lipinski definition) is 0. The fourth-order valence-corrected chi connectivity index (χ4v) is 11.6. The molecule has 3 unspecified atom stereocenters. The van der Waals surface area contributed by atoms with Gasteiger partial charge in [-0.1, -0.05) is 167 Å². The predicted octanol–water partition coefficient (Wildman–Crippen LogP) is 13.2. The second-order valence-corrected chi connectivity index (χ2v) is 17.4. The lowest BCUT2D eigenvalue weighted by molar-refractivity contribution is 0.285. The number of nitrogens with zero attached hydrogens (tertiary/aromatic N) is 1. The van der Waals surface area contributed by atoms with Gasteiger partial charge in [0.05, 0.1) is 5.41 Å². The van der Waals surface area contributed by atoms with Gasteiger partial charge in [0.2, 0.25) is 0 Å². The van der Waals surface area contributed by atoms with E-state index < -0.39 is 5.41 Å². The van der Waals surface area contributed by atoms with Gasteiger partial charge in [-0.05, 0) is 116 Å². The molecule has 0 bridgehead atoms. The first-order valence-electron chi connectivity index (χ1n) is 19.4.